The van der Waals surface area contributed by atoms with Gasteiger partial charge in [-0.15, -0.1) is 0 Å². The van der Waals surface area contributed by atoms with Crippen molar-refractivity contribution in [1.82, 2.24) is 14.7 Å². The molecule has 0 spiro atoms. The molecule has 1 aromatic heterocycles. The topological polar surface area (TPSA) is 81.2 Å². The van der Waals surface area contributed by atoms with Gasteiger partial charge in [0.15, 0.2) is 0 Å². The first-order valence-corrected chi connectivity index (χ1v) is 10.2. The number of aryl methyl sites for hydroxylation is 1. The van der Waals surface area contributed by atoms with Gasteiger partial charge in [0, 0.05) is 23.8 Å². The van der Waals surface area contributed by atoms with Gasteiger partial charge >= 0.3 is 0 Å². The Bertz CT molecular complexity index is 828. The van der Waals surface area contributed by atoms with Gasteiger partial charge in [-0.1, -0.05) is 29.8 Å². The van der Waals surface area contributed by atoms with Crippen LogP contribution < -0.4 is 9.46 Å². The van der Waals surface area contributed by atoms with Crippen molar-refractivity contribution < 1.29 is 13.2 Å². The average Bonchev–Trinajstić information content (AvgIpc) is 2.64. The minimum Gasteiger partial charge on any atom is -0.473 e. The van der Waals surface area contributed by atoms with E-state index in [-0.39, 0.29) is 12.1 Å². The number of nitrogens with zero attached hydrogens (tertiary/aromatic N) is 2. The third kappa shape index (κ3) is 5.64. The van der Waals surface area contributed by atoms with E-state index in [1.165, 1.54) is 5.41 Å². The monoisotopic (exact) mass is 373 g/mol. The highest BCUT2D eigenvalue weighted by molar-refractivity contribution is 7.92. The standard InChI is InChI=1S/C19H23N3O3S/c1-15-2-4-16(5-3-15)10-13-26(23,24)22-17-6-8-18(9-7-17)25-19-14-20-11-12-21-19/h2-5,10-14,17-18,22H,6-9H2,1H3/b13-10+. The van der Waals surface area contributed by atoms with Crippen LogP contribution in [0.4, 0.5) is 0 Å². The number of aromatic nitrogens is 2. The molecule has 0 amide bonds. The molecule has 0 saturated heterocycles. The minimum absolute atomic E-state index is 0.0514. The number of hydrogen-bond donors (Lipinski definition) is 1. The highest BCUT2D eigenvalue weighted by atomic mass is 32.2. The van der Waals surface area contributed by atoms with E-state index in [4.69, 9.17) is 4.74 Å². The average molecular weight is 373 g/mol. The highest BCUT2D eigenvalue weighted by Crippen LogP contribution is 2.23. The first-order chi connectivity index (χ1) is 12.5. The smallest absolute Gasteiger partial charge is 0.233 e. The van der Waals surface area contributed by atoms with E-state index >= 15 is 0 Å². The molecule has 26 heavy (non-hydrogen) atoms. The SMILES string of the molecule is Cc1ccc(/C=C/S(=O)(=O)NC2CCC(Oc3cnccn3)CC2)cc1. The van der Waals surface area contributed by atoms with E-state index in [2.05, 4.69) is 14.7 Å². The van der Waals surface area contributed by atoms with E-state index < -0.39 is 10.0 Å². The molecule has 138 valence electrons. The number of hydrogen-bond acceptors (Lipinski definition) is 5. The number of sulfonamides is 1. The van der Waals surface area contributed by atoms with E-state index in [0.29, 0.717) is 5.88 Å². The lowest BCUT2D eigenvalue weighted by atomic mass is 9.94. The third-order valence-electron chi connectivity index (χ3n) is 4.35. The Labute approximate surface area is 154 Å². The molecule has 1 heterocycles. The second-order valence-electron chi connectivity index (χ2n) is 6.51. The highest BCUT2D eigenvalue weighted by Gasteiger charge is 2.25. The maximum Gasteiger partial charge on any atom is 0.233 e. The van der Waals surface area contributed by atoms with Gasteiger partial charge in [0.2, 0.25) is 15.9 Å². The van der Waals surface area contributed by atoms with Gasteiger partial charge in [-0.2, -0.15) is 0 Å². The lowest BCUT2D eigenvalue weighted by molar-refractivity contribution is 0.138. The van der Waals surface area contributed by atoms with Crippen molar-refractivity contribution in [3.05, 3.63) is 59.4 Å². The molecule has 0 bridgehead atoms. The quantitative estimate of drug-likeness (QED) is 0.842. The fourth-order valence-corrected chi connectivity index (χ4v) is 4.05. The Balaban J connectivity index is 1.49. The van der Waals surface area contributed by atoms with Crippen LogP contribution in [0.15, 0.2) is 48.3 Å². The summed E-state index contributed by atoms with van der Waals surface area (Å²) in [5.41, 5.74) is 2.01. The Hall–Kier alpha value is -2.25. The number of rotatable bonds is 6. The normalized spacial score (nSPS) is 21.0. The fourth-order valence-electron chi connectivity index (χ4n) is 2.93. The third-order valence-corrected chi connectivity index (χ3v) is 5.51. The van der Waals surface area contributed by atoms with Crippen molar-refractivity contribution in [1.29, 1.82) is 0 Å². The summed E-state index contributed by atoms with van der Waals surface area (Å²) in [6, 6.07) is 7.65. The number of benzene rings is 1. The summed E-state index contributed by atoms with van der Waals surface area (Å²) in [5, 5.41) is 1.24. The maximum absolute atomic E-state index is 12.3. The second-order valence-corrected chi connectivity index (χ2v) is 8.11. The molecule has 1 aliphatic carbocycles. The van der Waals surface area contributed by atoms with Crippen LogP contribution in [-0.4, -0.2) is 30.5 Å². The van der Waals surface area contributed by atoms with Gasteiger partial charge < -0.3 is 4.74 Å². The van der Waals surface area contributed by atoms with Crippen LogP contribution in [0, 0.1) is 6.92 Å². The van der Waals surface area contributed by atoms with Crippen molar-refractivity contribution in [3.63, 3.8) is 0 Å². The summed E-state index contributed by atoms with van der Waals surface area (Å²) in [6.07, 6.45) is 9.49. The van der Waals surface area contributed by atoms with Crippen LogP contribution in [0.25, 0.3) is 6.08 Å². The fraction of sp³-hybridized carbons (Fsp3) is 0.368. The van der Waals surface area contributed by atoms with Crippen LogP contribution >= 0.6 is 0 Å². The Morgan fingerprint density at radius 2 is 1.85 bits per heavy atom. The molecule has 2 aromatic rings. The van der Waals surface area contributed by atoms with Crippen molar-refractivity contribution in [3.8, 4) is 5.88 Å². The lowest BCUT2D eigenvalue weighted by Gasteiger charge is -2.28. The zero-order valence-electron chi connectivity index (χ0n) is 14.7. The zero-order valence-corrected chi connectivity index (χ0v) is 15.5. The van der Waals surface area contributed by atoms with Gasteiger partial charge in [0.25, 0.3) is 0 Å². The van der Waals surface area contributed by atoms with Crippen molar-refractivity contribution >= 4 is 16.1 Å². The zero-order chi connectivity index (χ0) is 18.4. The number of ether oxygens (including phenoxy) is 1. The molecule has 0 atom stereocenters. The van der Waals surface area contributed by atoms with Crippen LogP contribution in [0.2, 0.25) is 0 Å². The first kappa shape index (κ1) is 18.5. The predicted molar refractivity (Wildman–Crippen MR) is 101 cm³/mol. The summed E-state index contributed by atoms with van der Waals surface area (Å²) < 4.78 is 33.1. The minimum atomic E-state index is -3.46. The number of nitrogens with one attached hydrogen (secondary N) is 1. The lowest BCUT2D eigenvalue weighted by Crippen LogP contribution is -2.38. The molecule has 1 saturated carbocycles. The van der Waals surface area contributed by atoms with Gasteiger partial charge in [-0.25, -0.2) is 18.1 Å². The van der Waals surface area contributed by atoms with Gasteiger partial charge in [0.05, 0.1) is 6.20 Å². The van der Waals surface area contributed by atoms with E-state index in [9.17, 15) is 8.42 Å². The largest absolute Gasteiger partial charge is 0.473 e. The molecule has 1 N–H and O–H groups in total. The summed E-state index contributed by atoms with van der Waals surface area (Å²) >= 11 is 0. The summed E-state index contributed by atoms with van der Waals surface area (Å²) in [4.78, 5) is 8.08. The van der Waals surface area contributed by atoms with Gasteiger partial charge in [0.1, 0.15) is 6.10 Å². The van der Waals surface area contributed by atoms with Crippen LogP contribution in [0.3, 0.4) is 0 Å². The molecular weight excluding hydrogens is 350 g/mol. The molecule has 3 rings (SSSR count). The van der Waals surface area contributed by atoms with E-state index in [1.807, 2.05) is 31.2 Å². The Morgan fingerprint density at radius 3 is 2.50 bits per heavy atom. The van der Waals surface area contributed by atoms with Crippen molar-refractivity contribution in [2.24, 2.45) is 0 Å². The molecule has 7 heteroatoms. The molecule has 1 aliphatic rings. The van der Waals surface area contributed by atoms with Crippen molar-refractivity contribution in [2.75, 3.05) is 0 Å². The predicted octanol–water partition coefficient (Wildman–Crippen LogP) is 3.07. The molecule has 0 unspecified atom stereocenters. The van der Waals surface area contributed by atoms with Gasteiger partial charge in [-0.05, 0) is 44.2 Å². The Kier molecular flexibility index (Phi) is 6.00. The van der Waals surface area contributed by atoms with E-state index in [1.54, 1.807) is 24.7 Å². The maximum atomic E-state index is 12.3. The summed E-state index contributed by atoms with van der Waals surface area (Å²) in [5.74, 6) is 0.512. The summed E-state index contributed by atoms with van der Waals surface area (Å²) in [7, 11) is -3.46. The second kappa shape index (κ2) is 8.42. The van der Waals surface area contributed by atoms with Crippen LogP contribution in [0.5, 0.6) is 5.88 Å². The molecule has 0 aliphatic heterocycles. The Morgan fingerprint density at radius 1 is 1.12 bits per heavy atom. The summed E-state index contributed by atoms with van der Waals surface area (Å²) in [6.45, 7) is 2.00. The molecule has 6 nitrogen and oxygen atoms in total. The van der Waals surface area contributed by atoms with Crippen LogP contribution in [-0.2, 0) is 10.0 Å². The van der Waals surface area contributed by atoms with Crippen molar-refractivity contribution in [2.45, 2.75) is 44.8 Å². The van der Waals surface area contributed by atoms with E-state index in [0.717, 1.165) is 36.8 Å². The first-order valence-electron chi connectivity index (χ1n) is 8.70. The molecule has 1 fully saturated rings. The molecular formula is C19H23N3O3S. The molecule has 0 radical (unpaired) electrons. The molecule has 1 aromatic carbocycles. The van der Waals surface area contributed by atoms with Gasteiger partial charge in [-0.3, -0.25) is 4.98 Å². The van der Waals surface area contributed by atoms with Crippen LogP contribution in [0.1, 0.15) is 36.8 Å².